The van der Waals surface area contributed by atoms with Crippen LogP contribution in [0.4, 0.5) is 0 Å². The van der Waals surface area contributed by atoms with Crippen LogP contribution in [-0.2, 0) is 29.7 Å². The van der Waals surface area contributed by atoms with Crippen LogP contribution in [0.1, 0.15) is 38.3 Å². The summed E-state index contributed by atoms with van der Waals surface area (Å²) in [5, 5.41) is 0. The summed E-state index contributed by atoms with van der Waals surface area (Å²) < 4.78 is 5.62. The van der Waals surface area contributed by atoms with Crippen molar-refractivity contribution in [2.45, 2.75) is 32.8 Å². The summed E-state index contributed by atoms with van der Waals surface area (Å²) in [7, 11) is 0. The van der Waals surface area contributed by atoms with E-state index >= 15 is 0 Å². The van der Waals surface area contributed by atoms with E-state index in [1.807, 2.05) is 0 Å². The third kappa shape index (κ3) is 2.47. The molecule has 0 aromatic heterocycles. The Morgan fingerprint density at radius 1 is 1.24 bits per heavy atom. The fourth-order valence-corrected chi connectivity index (χ4v) is 2.44. The average molecular weight is 261 g/mol. The van der Waals surface area contributed by atoms with Gasteiger partial charge in [0.25, 0.3) is 0 Å². The molecule has 0 bridgehead atoms. The molecule has 0 amide bonds. The molecule has 2 rings (SSSR count). The molecule has 0 aliphatic heterocycles. The third-order valence-corrected chi connectivity index (χ3v) is 4.12. The summed E-state index contributed by atoms with van der Waals surface area (Å²) in [5.41, 5.74) is 5.13. The predicted molar refractivity (Wildman–Crippen MR) is 66.9 cm³/mol. The maximum atomic E-state index is 5.62. The van der Waals surface area contributed by atoms with Crippen molar-refractivity contribution in [1.82, 2.24) is 0 Å². The van der Waals surface area contributed by atoms with Crippen LogP contribution in [0.5, 0.6) is 0 Å². The van der Waals surface area contributed by atoms with Crippen molar-refractivity contribution in [2.75, 3.05) is 0 Å². The van der Waals surface area contributed by atoms with Crippen molar-refractivity contribution < 1.29 is 24.1 Å². The molecule has 0 spiro atoms. The summed E-state index contributed by atoms with van der Waals surface area (Å²) >= 11 is 1.77. The second-order valence-electron chi connectivity index (χ2n) is 4.93. The molecule has 0 atom stereocenters. The Labute approximate surface area is 115 Å². The Kier molecular flexibility index (Phi) is 3.72. The third-order valence-electron chi connectivity index (χ3n) is 3.32. The van der Waals surface area contributed by atoms with E-state index in [0.717, 1.165) is 6.42 Å². The first-order chi connectivity index (χ1) is 8.06. The van der Waals surface area contributed by atoms with Gasteiger partial charge < -0.3 is 0 Å². The molecule has 87 valence electrons. The van der Waals surface area contributed by atoms with Gasteiger partial charge in [-0.15, -0.1) is 0 Å². The number of benzene rings is 1. The first-order valence-corrected chi connectivity index (χ1v) is 6.51. The zero-order valence-corrected chi connectivity index (χ0v) is 12.1. The minimum atomic E-state index is -0.244. The van der Waals surface area contributed by atoms with Gasteiger partial charge in [-0.25, -0.2) is 0 Å². The summed E-state index contributed by atoms with van der Waals surface area (Å²) in [5.74, 6) is 0. The van der Waals surface area contributed by atoms with E-state index < -0.39 is 0 Å². The van der Waals surface area contributed by atoms with Gasteiger partial charge in [-0.05, 0) is 0 Å². The number of rotatable bonds is 3. The van der Waals surface area contributed by atoms with E-state index in [1.54, 1.807) is 20.8 Å². The zero-order valence-electron chi connectivity index (χ0n) is 10.6. The van der Waals surface area contributed by atoms with Crippen molar-refractivity contribution in [3.8, 4) is 0 Å². The average Bonchev–Trinajstić information content (AvgIpc) is 2.75. The molecule has 0 heterocycles. The van der Waals surface area contributed by atoms with E-state index in [9.17, 15) is 0 Å². The van der Waals surface area contributed by atoms with E-state index in [-0.39, 0.29) is 5.60 Å². The van der Waals surface area contributed by atoms with E-state index in [0.29, 0.717) is 0 Å². The van der Waals surface area contributed by atoms with Crippen LogP contribution in [-0.4, -0.2) is 0 Å². The van der Waals surface area contributed by atoms with Crippen molar-refractivity contribution in [3.05, 3.63) is 53.1 Å². The Morgan fingerprint density at radius 3 is 2.53 bits per heavy atom. The predicted octanol–water partition coefficient (Wildman–Crippen LogP) is 4.13. The van der Waals surface area contributed by atoms with Crippen molar-refractivity contribution >= 4 is 5.57 Å². The van der Waals surface area contributed by atoms with Gasteiger partial charge in [-0.1, -0.05) is 0 Å². The molecule has 0 radical (unpaired) electrons. The Bertz CT molecular complexity index is 483. The Morgan fingerprint density at radius 2 is 1.94 bits per heavy atom. The second-order valence-corrected chi connectivity index (χ2v) is 5.24. The van der Waals surface area contributed by atoms with Crippen LogP contribution in [0.2, 0.25) is 0 Å². The van der Waals surface area contributed by atoms with Crippen LogP contribution in [0.25, 0.3) is 5.57 Å². The van der Waals surface area contributed by atoms with Gasteiger partial charge in [-0.3, -0.25) is 0 Å². The van der Waals surface area contributed by atoms with Crippen molar-refractivity contribution in [3.63, 3.8) is 0 Å². The molecule has 2 heteroatoms. The first-order valence-electron chi connectivity index (χ1n) is 5.87. The standard InChI is InChI=1S/C15H17O.Ti/c1-11-7-6-9-12(11)13-8-4-5-10-14(13)15(2,3)16;/h4-8,10H,9H2,1-3H3;/q-1;+1. The Hall–Kier alpha value is -0.626. The van der Waals surface area contributed by atoms with Crippen molar-refractivity contribution in [2.24, 2.45) is 0 Å². The topological polar surface area (TPSA) is 9.23 Å². The monoisotopic (exact) mass is 261 g/mol. The molecular weight excluding hydrogens is 244 g/mol. The summed E-state index contributed by atoms with van der Waals surface area (Å²) in [6.07, 6.45) is 5.45. The fourth-order valence-electron chi connectivity index (χ4n) is 2.26. The second kappa shape index (κ2) is 4.93. The zero-order chi connectivity index (χ0) is 12.5. The minimum absolute atomic E-state index is 0.244. The van der Waals surface area contributed by atoms with E-state index in [1.165, 1.54) is 22.3 Å². The summed E-state index contributed by atoms with van der Waals surface area (Å²) in [6, 6.07) is 8.54. The molecular formula is C15H17OTi. The van der Waals surface area contributed by atoms with Crippen LogP contribution in [0.3, 0.4) is 0 Å². The van der Waals surface area contributed by atoms with Gasteiger partial charge in [0.15, 0.2) is 0 Å². The molecule has 1 aliphatic carbocycles. The van der Waals surface area contributed by atoms with Crippen LogP contribution in [0, 0.1) is 0 Å². The summed E-state index contributed by atoms with van der Waals surface area (Å²) in [4.78, 5) is 0. The molecule has 1 aliphatic rings. The quantitative estimate of drug-likeness (QED) is 0.743. The van der Waals surface area contributed by atoms with E-state index in [4.69, 9.17) is 3.32 Å². The van der Waals surface area contributed by atoms with Gasteiger partial charge in [0.1, 0.15) is 0 Å². The van der Waals surface area contributed by atoms with Gasteiger partial charge in [0.2, 0.25) is 0 Å². The number of hydrogen-bond donors (Lipinski definition) is 0. The molecule has 0 unspecified atom stereocenters. The van der Waals surface area contributed by atoms with Crippen LogP contribution < -0.4 is 0 Å². The normalized spacial score (nSPS) is 15.6. The van der Waals surface area contributed by atoms with E-state index in [2.05, 4.69) is 57.2 Å². The molecule has 0 fully saturated rings. The van der Waals surface area contributed by atoms with Crippen molar-refractivity contribution in [1.29, 1.82) is 0 Å². The molecule has 17 heavy (non-hydrogen) atoms. The number of allylic oxidation sites excluding steroid dienone is 4. The van der Waals surface area contributed by atoms with Crippen LogP contribution >= 0.6 is 0 Å². The molecule has 0 saturated heterocycles. The van der Waals surface area contributed by atoms with Gasteiger partial charge in [0, 0.05) is 0 Å². The van der Waals surface area contributed by atoms with Gasteiger partial charge in [0.05, 0.1) is 0 Å². The maximum absolute atomic E-state index is 5.62. The molecule has 1 aromatic rings. The molecule has 1 aromatic carbocycles. The van der Waals surface area contributed by atoms with Gasteiger partial charge >= 0.3 is 116 Å². The molecule has 1 nitrogen and oxygen atoms in total. The molecule has 0 saturated carbocycles. The Balaban J connectivity index is 2.53. The fraction of sp³-hybridized carbons (Fsp3) is 0.333. The first kappa shape index (κ1) is 12.8. The van der Waals surface area contributed by atoms with Crippen LogP contribution in [0.15, 0.2) is 42.0 Å². The number of hydrogen-bond acceptors (Lipinski definition) is 1. The summed E-state index contributed by atoms with van der Waals surface area (Å²) in [6.45, 7) is 6.41. The van der Waals surface area contributed by atoms with Gasteiger partial charge in [-0.2, -0.15) is 0 Å². The molecule has 0 N–H and O–H groups in total. The SMILES string of the molecule is CC1=C(c2ccccc2C(C)(C)[O][Ti])CC=C1.